The highest BCUT2D eigenvalue weighted by Gasteiger charge is 2.22. The van der Waals surface area contributed by atoms with Crippen molar-refractivity contribution in [2.24, 2.45) is 0 Å². The van der Waals surface area contributed by atoms with Crippen molar-refractivity contribution in [2.75, 3.05) is 34.4 Å². The first-order chi connectivity index (χ1) is 12.4. The fourth-order valence-corrected chi connectivity index (χ4v) is 3.46. The first kappa shape index (κ1) is 20.0. The van der Waals surface area contributed by atoms with Crippen molar-refractivity contribution in [3.05, 3.63) is 54.1 Å². The van der Waals surface area contributed by atoms with Gasteiger partial charge in [-0.1, -0.05) is 6.07 Å². The van der Waals surface area contributed by atoms with Gasteiger partial charge in [0.15, 0.2) is 0 Å². The van der Waals surface area contributed by atoms with Crippen molar-refractivity contribution in [1.29, 1.82) is 0 Å². The zero-order chi connectivity index (χ0) is 19.2. The molecule has 0 saturated carbocycles. The van der Waals surface area contributed by atoms with E-state index >= 15 is 0 Å². The van der Waals surface area contributed by atoms with E-state index in [2.05, 4.69) is 9.97 Å². The summed E-state index contributed by atoms with van der Waals surface area (Å²) in [5.41, 5.74) is 0.934. The summed E-state index contributed by atoms with van der Waals surface area (Å²) >= 11 is 0. The van der Waals surface area contributed by atoms with Gasteiger partial charge in [-0.25, -0.2) is 8.42 Å². The lowest BCUT2D eigenvalue weighted by atomic mass is 10.2. The van der Waals surface area contributed by atoms with Crippen LogP contribution in [0.2, 0.25) is 0 Å². The Morgan fingerprint density at radius 3 is 2.65 bits per heavy atom. The summed E-state index contributed by atoms with van der Waals surface area (Å²) in [4.78, 5) is 22.2. The number of carbonyl (C=O) groups is 1. The zero-order valence-electron chi connectivity index (χ0n) is 15.0. The van der Waals surface area contributed by atoms with Crippen LogP contribution in [0.5, 0.6) is 0 Å². The van der Waals surface area contributed by atoms with Crippen molar-refractivity contribution < 1.29 is 17.9 Å². The van der Waals surface area contributed by atoms with Gasteiger partial charge in [-0.15, -0.1) is 0 Å². The molecular formula is C17H22N4O4S. The van der Waals surface area contributed by atoms with E-state index in [0.717, 1.165) is 0 Å². The van der Waals surface area contributed by atoms with Gasteiger partial charge in [-0.05, 0) is 18.2 Å². The Balaban J connectivity index is 2.18. The molecule has 8 nitrogen and oxygen atoms in total. The highest BCUT2D eigenvalue weighted by atomic mass is 32.2. The predicted octanol–water partition coefficient (Wildman–Crippen LogP) is 1.02. The molecule has 0 saturated heterocycles. The van der Waals surface area contributed by atoms with E-state index in [-0.39, 0.29) is 36.1 Å². The third-order valence-corrected chi connectivity index (χ3v) is 5.61. The van der Waals surface area contributed by atoms with Crippen molar-refractivity contribution in [3.8, 4) is 0 Å². The summed E-state index contributed by atoms with van der Waals surface area (Å²) in [6.45, 7) is 0.788. The average Bonchev–Trinajstić information content (AvgIpc) is 2.66. The monoisotopic (exact) mass is 378 g/mol. The maximum absolute atomic E-state index is 12.6. The molecule has 0 radical (unpaired) electrons. The quantitative estimate of drug-likeness (QED) is 0.681. The van der Waals surface area contributed by atoms with E-state index in [1.165, 1.54) is 35.5 Å². The molecule has 0 atom stereocenters. The molecular weight excluding hydrogens is 356 g/mol. The largest absolute Gasteiger partial charge is 0.383 e. The fourth-order valence-electron chi connectivity index (χ4n) is 2.26. The summed E-state index contributed by atoms with van der Waals surface area (Å²) in [7, 11) is 0.918. The van der Waals surface area contributed by atoms with Gasteiger partial charge in [0.05, 0.1) is 29.9 Å². The Hall–Kier alpha value is -2.36. The number of carbonyl (C=O) groups excluding carboxylic acids is 1. The number of likely N-dealkylation sites (N-methyl/N-ethyl adjacent to an activating group) is 1. The van der Waals surface area contributed by atoms with Gasteiger partial charge in [0.1, 0.15) is 0 Å². The van der Waals surface area contributed by atoms with E-state index < -0.39 is 10.0 Å². The smallest absolute Gasteiger partial charge is 0.253 e. The summed E-state index contributed by atoms with van der Waals surface area (Å²) in [6, 6.07) is 6.00. The molecule has 0 aliphatic carbocycles. The third-order valence-electron chi connectivity index (χ3n) is 3.76. The molecule has 0 unspecified atom stereocenters. The molecule has 140 valence electrons. The molecule has 26 heavy (non-hydrogen) atoms. The van der Waals surface area contributed by atoms with Gasteiger partial charge in [0.2, 0.25) is 10.0 Å². The normalized spacial score (nSPS) is 11.5. The Morgan fingerprint density at radius 1 is 1.23 bits per heavy atom. The second-order valence-electron chi connectivity index (χ2n) is 5.71. The van der Waals surface area contributed by atoms with Crippen molar-refractivity contribution in [1.82, 2.24) is 19.2 Å². The number of aromatic nitrogens is 2. The molecule has 1 aromatic heterocycles. The van der Waals surface area contributed by atoms with Crippen LogP contribution in [0.25, 0.3) is 0 Å². The topological polar surface area (TPSA) is 92.7 Å². The Labute approximate surface area is 153 Å². The molecule has 0 aliphatic heterocycles. The zero-order valence-corrected chi connectivity index (χ0v) is 15.8. The molecule has 1 aromatic carbocycles. The molecule has 2 rings (SSSR count). The van der Waals surface area contributed by atoms with E-state index in [4.69, 9.17) is 4.74 Å². The molecule has 0 fully saturated rings. The van der Waals surface area contributed by atoms with Gasteiger partial charge < -0.3 is 9.64 Å². The minimum atomic E-state index is -3.69. The number of hydrogen-bond acceptors (Lipinski definition) is 6. The van der Waals surface area contributed by atoms with E-state index in [1.807, 2.05) is 0 Å². The summed E-state index contributed by atoms with van der Waals surface area (Å²) in [5, 5.41) is 0. The van der Waals surface area contributed by atoms with E-state index in [0.29, 0.717) is 5.69 Å². The molecule has 0 N–H and O–H groups in total. The molecule has 1 amide bonds. The first-order valence-corrected chi connectivity index (χ1v) is 9.36. The molecule has 1 heterocycles. The van der Waals surface area contributed by atoms with Crippen LogP contribution in [0.1, 0.15) is 16.1 Å². The number of hydrogen-bond donors (Lipinski definition) is 0. The molecule has 0 bridgehead atoms. The minimum Gasteiger partial charge on any atom is -0.383 e. The van der Waals surface area contributed by atoms with Gasteiger partial charge in [-0.3, -0.25) is 14.8 Å². The fraction of sp³-hybridized carbons (Fsp3) is 0.353. The van der Waals surface area contributed by atoms with E-state index in [9.17, 15) is 13.2 Å². The van der Waals surface area contributed by atoms with Crippen molar-refractivity contribution >= 4 is 15.9 Å². The highest BCUT2D eigenvalue weighted by molar-refractivity contribution is 7.89. The first-order valence-electron chi connectivity index (χ1n) is 7.92. The maximum atomic E-state index is 12.6. The standard InChI is InChI=1S/C17H22N4O4S/c1-20(13-15-12-18-7-8-19-15)17(22)14-5-4-6-16(11-14)26(23,24)21(2)9-10-25-3/h4-8,11-12H,9-10,13H2,1-3H3. The van der Waals surface area contributed by atoms with Gasteiger partial charge in [0.25, 0.3) is 5.91 Å². The van der Waals surface area contributed by atoms with Gasteiger partial charge in [-0.2, -0.15) is 4.31 Å². The Bertz CT molecular complexity index is 843. The number of methoxy groups -OCH3 is 1. The van der Waals surface area contributed by atoms with Crippen molar-refractivity contribution in [2.45, 2.75) is 11.4 Å². The Kier molecular flexibility index (Phi) is 6.78. The molecule has 0 aliphatic rings. The number of ether oxygens (including phenoxy) is 1. The number of amides is 1. The second-order valence-corrected chi connectivity index (χ2v) is 7.75. The highest BCUT2D eigenvalue weighted by Crippen LogP contribution is 2.17. The molecule has 2 aromatic rings. The third kappa shape index (κ3) is 4.84. The van der Waals surface area contributed by atoms with Crippen LogP contribution in [-0.2, 0) is 21.3 Å². The van der Waals surface area contributed by atoms with Gasteiger partial charge >= 0.3 is 0 Å². The van der Waals surface area contributed by atoms with Crippen LogP contribution in [0.4, 0.5) is 0 Å². The van der Waals surface area contributed by atoms with E-state index in [1.54, 1.807) is 37.8 Å². The lowest BCUT2D eigenvalue weighted by Crippen LogP contribution is -2.30. The van der Waals surface area contributed by atoms with Crippen molar-refractivity contribution in [3.63, 3.8) is 0 Å². The summed E-state index contributed by atoms with van der Waals surface area (Å²) < 4.78 is 31.3. The average molecular weight is 378 g/mol. The van der Waals surface area contributed by atoms with Crippen LogP contribution in [0.15, 0.2) is 47.8 Å². The summed E-state index contributed by atoms with van der Waals surface area (Å²) in [6.07, 6.45) is 4.69. The van der Waals surface area contributed by atoms with Crippen LogP contribution >= 0.6 is 0 Å². The van der Waals surface area contributed by atoms with Crippen LogP contribution in [-0.4, -0.2) is 67.9 Å². The Morgan fingerprint density at radius 2 is 2.00 bits per heavy atom. The van der Waals surface area contributed by atoms with Crippen LogP contribution < -0.4 is 0 Å². The number of sulfonamides is 1. The lowest BCUT2D eigenvalue weighted by molar-refractivity contribution is 0.0783. The maximum Gasteiger partial charge on any atom is 0.253 e. The van der Waals surface area contributed by atoms with Crippen LogP contribution in [0.3, 0.4) is 0 Å². The number of nitrogens with zero attached hydrogens (tertiary/aromatic N) is 4. The molecule has 0 spiro atoms. The number of rotatable bonds is 8. The SMILES string of the molecule is COCCN(C)S(=O)(=O)c1cccc(C(=O)N(C)Cc2cnccn2)c1. The predicted molar refractivity (Wildman–Crippen MR) is 96.0 cm³/mol. The lowest BCUT2D eigenvalue weighted by Gasteiger charge is -2.19. The minimum absolute atomic E-state index is 0.0647. The number of benzene rings is 1. The molecule has 9 heteroatoms. The van der Waals surface area contributed by atoms with Crippen LogP contribution in [0, 0.1) is 0 Å². The van der Waals surface area contributed by atoms with Gasteiger partial charge in [0, 0.05) is 45.7 Å². The second kappa shape index (κ2) is 8.84. The summed E-state index contributed by atoms with van der Waals surface area (Å²) in [5.74, 6) is -0.299.